The third-order valence-electron chi connectivity index (χ3n) is 2.42. The van der Waals surface area contributed by atoms with Crippen LogP contribution in [0.4, 0.5) is 0 Å². The Morgan fingerprint density at radius 1 is 1.50 bits per heavy atom. The van der Waals surface area contributed by atoms with Crippen LogP contribution in [-0.2, 0) is 14.3 Å². The highest BCUT2D eigenvalue weighted by Crippen LogP contribution is 2.08. The molecular formula is C11H20N2O3. The van der Waals surface area contributed by atoms with Gasteiger partial charge < -0.3 is 10.1 Å². The molecule has 5 heteroatoms. The lowest BCUT2D eigenvalue weighted by Gasteiger charge is -2.24. The molecule has 2 atom stereocenters. The van der Waals surface area contributed by atoms with Crippen LogP contribution in [0.1, 0.15) is 27.2 Å². The van der Waals surface area contributed by atoms with Gasteiger partial charge >= 0.3 is 5.97 Å². The molecule has 0 aromatic rings. The molecule has 1 amide bonds. The lowest BCUT2D eigenvalue weighted by molar-refractivity contribution is -0.152. The molecule has 2 N–H and O–H groups in total. The van der Waals surface area contributed by atoms with E-state index in [0.717, 1.165) is 6.42 Å². The van der Waals surface area contributed by atoms with Crippen molar-refractivity contribution in [2.45, 2.75) is 39.3 Å². The standard InChI is InChI=1S/C11H20N2O3/c1-7(2)4-8(3)16-11(15)9-5-13-10(14)6-12-9/h7-9,12H,4-6H2,1-3H3,(H,13,14). The van der Waals surface area contributed by atoms with Gasteiger partial charge in [-0.1, -0.05) is 13.8 Å². The van der Waals surface area contributed by atoms with Crippen molar-refractivity contribution in [1.29, 1.82) is 0 Å². The van der Waals surface area contributed by atoms with Gasteiger partial charge in [-0.25, -0.2) is 0 Å². The summed E-state index contributed by atoms with van der Waals surface area (Å²) in [6.45, 7) is 6.55. The molecule has 0 saturated carbocycles. The first-order chi connectivity index (χ1) is 7.49. The predicted octanol–water partition coefficient (Wildman–Crippen LogP) is 0.0522. The topological polar surface area (TPSA) is 67.4 Å². The highest BCUT2D eigenvalue weighted by atomic mass is 16.5. The molecule has 1 saturated heterocycles. The van der Waals surface area contributed by atoms with E-state index in [-0.39, 0.29) is 24.5 Å². The second kappa shape index (κ2) is 5.84. The van der Waals surface area contributed by atoms with Gasteiger partial charge in [0, 0.05) is 6.54 Å². The Hall–Kier alpha value is -1.10. The van der Waals surface area contributed by atoms with Gasteiger partial charge in [-0.3, -0.25) is 14.9 Å². The summed E-state index contributed by atoms with van der Waals surface area (Å²) in [5, 5.41) is 5.47. The van der Waals surface area contributed by atoms with Crippen molar-refractivity contribution in [2.24, 2.45) is 5.92 Å². The lowest BCUT2D eigenvalue weighted by atomic mass is 10.1. The number of nitrogens with one attached hydrogen (secondary N) is 2. The zero-order valence-corrected chi connectivity index (χ0v) is 10.1. The van der Waals surface area contributed by atoms with Gasteiger partial charge in [-0.2, -0.15) is 0 Å². The van der Waals surface area contributed by atoms with Crippen LogP contribution < -0.4 is 10.6 Å². The molecule has 1 heterocycles. The maximum absolute atomic E-state index is 11.7. The molecule has 0 aromatic carbocycles. The second-order valence-electron chi connectivity index (χ2n) is 4.61. The minimum absolute atomic E-state index is 0.0769. The maximum atomic E-state index is 11.7. The Labute approximate surface area is 95.9 Å². The van der Waals surface area contributed by atoms with Crippen LogP contribution in [-0.4, -0.2) is 37.1 Å². The number of amides is 1. The summed E-state index contributed by atoms with van der Waals surface area (Å²) >= 11 is 0. The smallest absolute Gasteiger partial charge is 0.325 e. The van der Waals surface area contributed by atoms with Crippen molar-refractivity contribution in [3.63, 3.8) is 0 Å². The van der Waals surface area contributed by atoms with E-state index in [2.05, 4.69) is 24.5 Å². The highest BCUT2D eigenvalue weighted by molar-refractivity contribution is 5.83. The van der Waals surface area contributed by atoms with Crippen molar-refractivity contribution < 1.29 is 14.3 Å². The Bertz CT molecular complexity index is 256. The Morgan fingerprint density at radius 3 is 2.69 bits per heavy atom. The van der Waals surface area contributed by atoms with Gasteiger partial charge in [-0.15, -0.1) is 0 Å². The van der Waals surface area contributed by atoms with E-state index in [1.807, 2.05) is 6.92 Å². The van der Waals surface area contributed by atoms with Crippen molar-refractivity contribution in [3.05, 3.63) is 0 Å². The first-order valence-corrected chi connectivity index (χ1v) is 5.69. The molecule has 0 aromatic heterocycles. The fraction of sp³-hybridized carbons (Fsp3) is 0.818. The third-order valence-corrected chi connectivity index (χ3v) is 2.42. The van der Waals surface area contributed by atoms with E-state index in [9.17, 15) is 9.59 Å². The van der Waals surface area contributed by atoms with Crippen LogP contribution in [0.3, 0.4) is 0 Å². The number of rotatable bonds is 4. The Morgan fingerprint density at radius 2 is 2.19 bits per heavy atom. The zero-order chi connectivity index (χ0) is 12.1. The summed E-state index contributed by atoms with van der Waals surface area (Å²) in [6, 6.07) is -0.410. The minimum atomic E-state index is -0.410. The molecule has 5 nitrogen and oxygen atoms in total. The molecular weight excluding hydrogens is 208 g/mol. The summed E-state index contributed by atoms with van der Waals surface area (Å²) < 4.78 is 5.28. The van der Waals surface area contributed by atoms with Crippen molar-refractivity contribution in [3.8, 4) is 0 Å². The molecule has 1 rings (SSSR count). The van der Waals surface area contributed by atoms with E-state index in [4.69, 9.17) is 4.74 Å². The first kappa shape index (κ1) is 13.0. The molecule has 0 spiro atoms. The van der Waals surface area contributed by atoms with Gasteiger partial charge in [0.1, 0.15) is 6.04 Å². The summed E-state index contributed by atoms with van der Waals surface area (Å²) in [5.74, 6) is 0.134. The van der Waals surface area contributed by atoms with Gasteiger partial charge in [-0.05, 0) is 19.3 Å². The van der Waals surface area contributed by atoms with Crippen molar-refractivity contribution >= 4 is 11.9 Å². The molecule has 0 aliphatic carbocycles. The quantitative estimate of drug-likeness (QED) is 0.667. The summed E-state index contributed by atoms with van der Waals surface area (Å²) in [4.78, 5) is 22.5. The number of hydrogen-bond donors (Lipinski definition) is 2. The average Bonchev–Trinajstić information content (AvgIpc) is 2.16. The van der Waals surface area contributed by atoms with E-state index in [1.54, 1.807) is 0 Å². The van der Waals surface area contributed by atoms with Gasteiger partial charge in [0.25, 0.3) is 0 Å². The zero-order valence-electron chi connectivity index (χ0n) is 10.1. The SMILES string of the molecule is CC(C)CC(C)OC(=O)C1CNC(=O)CN1. The summed E-state index contributed by atoms with van der Waals surface area (Å²) in [7, 11) is 0. The van der Waals surface area contributed by atoms with E-state index >= 15 is 0 Å². The van der Waals surface area contributed by atoms with E-state index < -0.39 is 6.04 Å². The Balaban J connectivity index is 2.31. The fourth-order valence-electron chi connectivity index (χ4n) is 1.73. The largest absolute Gasteiger partial charge is 0.461 e. The lowest BCUT2D eigenvalue weighted by Crippen LogP contribution is -2.56. The number of carbonyl (C=O) groups is 2. The Kier molecular flexibility index (Phi) is 4.73. The monoisotopic (exact) mass is 228 g/mol. The first-order valence-electron chi connectivity index (χ1n) is 5.69. The summed E-state index contributed by atoms with van der Waals surface area (Å²) in [6.07, 6.45) is 0.775. The molecule has 2 unspecified atom stereocenters. The average molecular weight is 228 g/mol. The van der Waals surface area contributed by atoms with Crippen LogP contribution in [0, 0.1) is 5.92 Å². The van der Waals surface area contributed by atoms with Crippen LogP contribution >= 0.6 is 0 Å². The number of carbonyl (C=O) groups excluding carboxylic acids is 2. The normalized spacial score (nSPS) is 22.8. The van der Waals surface area contributed by atoms with Gasteiger partial charge in [0.15, 0.2) is 0 Å². The van der Waals surface area contributed by atoms with E-state index in [1.165, 1.54) is 0 Å². The number of piperazine rings is 1. The maximum Gasteiger partial charge on any atom is 0.325 e. The number of ether oxygens (including phenoxy) is 1. The summed E-state index contributed by atoms with van der Waals surface area (Å²) in [5.41, 5.74) is 0. The van der Waals surface area contributed by atoms with Gasteiger partial charge in [0.05, 0.1) is 12.6 Å². The van der Waals surface area contributed by atoms with Crippen molar-refractivity contribution in [2.75, 3.05) is 13.1 Å². The third kappa shape index (κ3) is 4.18. The molecule has 1 aliphatic heterocycles. The second-order valence-corrected chi connectivity index (χ2v) is 4.61. The van der Waals surface area contributed by atoms with Crippen LogP contribution in [0.5, 0.6) is 0 Å². The number of esters is 1. The highest BCUT2D eigenvalue weighted by Gasteiger charge is 2.26. The van der Waals surface area contributed by atoms with Crippen molar-refractivity contribution in [1.82, 2.24) is 10.6 Å². The molecule has 1 aliphatic rings. The fourth-order valence-corrected chi connectivity index (χ4v) is 1.73. The molecule has 92 valence electrons. The number of hydrogen-bond acceptors (Lipinski definition) is 4. The van der Waals surface area contributed by atoms with E-state index in [0.29, 0.717) is 12.5 Å². The van der Waals surface area contributed by atoms with Crippen LogP contribution in [0.15, 0.2) is 0 Å². The van der Waals surface area contributed by atoms with Crippen LogP contribution in [0.2, 0.25) is 0 Å². The molecule has 16 heavy (non-hydrogen) atoms. The molecule has 1 fully saturated rings. The molecule has 0 radical (unpaired) electrons. The minimum Gasteiger partial charge on any atom is -0.461 e. The van der Waals surface area contributed by atoms with Gasteiger partial charge in [0.2, 0.25) is 5.91 Å². The van der Waals surface area contributed by atoms with Crippen LogP contribution in [0.25, 0.3) is 0 Å². The predicted molar refractivity (Wildman–Crippen MR) is 59.8 cm³/mol. The molecule has 0 bridgehead atoms.